The van der Waals surface area contributed by atoms with E-state index in [1.807, 2.05) is 43.3 Å². The van der Waals surface area contributed by atoms with E-state index in [0.717, 1.165) is 50.9 Å². The third-order valence-electron chi connectivity index (χ3n) is 3.16. The van der Waals surface area contributed by atoms with Crippen LogP contribution in [0.1, 0.15) is 19.2 Å². The maximum absolute atomic E-state index is 5.35. The number of ether oxygens (including phenoxy) is 1. The second-order valence-corrected chi connectivity index (χ2v) is 4.63. The van der Waals surface area contributed by atoms with E-state index < -0.39 is 0 Å². The minimum atomic E-state index is 0.776. The molecule has 0 aliphatic carbocycles. The third kappa shape index (κ3) is 4.09. The Morgan fingerprint density at radius 2 is 2.10 bits per heavy atom. The summed E-state index contributed by atoms with van der Waals surface area (Å²) in [5.41, 5.74) is 0. The molecule has 0 fully saturated rings. The lowest BCUT2D eigenvalue weighted by molar-refractivity contribution is 0.142. The van der Waals surface area contributed by atoms with E-state index in [1.165, 1.54) is 0 Å². The molecule has 0 spiro atoms. The predicted molar refractivity (Wildman–Crippen MR) is 78.7 cm³/mol. The maximum Gasteiger partial charge on any atom is 0.202 e. The maximum atomic E-state index is 5.35. The summed E-state index contributed by atoms with van der Waals surface area (Å²) in [5, 5.41) is 3.36. The molecule has 0 atom stereocenters. The average molecular weight is 277 g/mol. The van der Waals surface area contributed by atoms with Gasteiger partial charge >= 0.3 is 0 Å². The zero-order chi connectivity index (χ0) is 14.2. The predicted octanol–water partition coefficient (Wildman–Crippen LogP) is 1.70. The van der Waals surface area contributed by atoms with E-state index in [1.54, 1.807) is 0 Å². The third-order valence-corrected chi connectivity index (χ3v) is 3.16. The molecule has 0 aliphatic heterocycles. The van der Waals surface area contributed by atoms with Gasteiger partial charge in [-0.15, -0.1) is 0 Å². The average Bonchev–Trinajstić information content (AvgIpc) is 3.05. The van der Waals surface area contributed by atoms with Crippen LogP contribution in [0.3, 0.4) is 0 Å². The molecule has 2 aromatic rings. The standard InChI is InChI=1S/C14H23N5O/c1-3-20-12-4-9-19-11-8-17-14(19)16-6-5-13-15-7-10-18(13)2/h7-8,10-11H,3-6,9,12H2,1-2H3,(H,16,17). The number of nitrogens with one attached hydrogen (secondary N) is 1. The summed E-state index contributed by atoms with van der Waals surface area (Å²) in [5.74, 6) is 1.99. The molecule has 0 aromatic carbocycles. The van der Waals surface area contributed by atoms with Gasteiger partial charge in [-0.1, -0.05) is 0 Å². The molecule has 1 N–H and O–H groups in total. The molecule has 110 valence electrons. The van der Waals surface area contributed by atoms with Crippen molar-refractivity contribution in [3.63, 3.8) is 0 Å². The quantitative estimate of drug-likeness (QED) is 0.709. The van der Waals surface area contributed by atoms with Crippen LogP contribution in [0.2, 0.25) is 0 Å². The normalized spacial score (nSPS) is 10.9. The molecule has 2 heterocycles. The minimum absolute atomic E-state index is 0.776. The molecule has 2 aromatic heterocycles. The first-order valence-electron chi connectivity index (χ1n) is 7.10. The van der Waals surface area contributed by atoms with E-state index in [-0.39, 0.29) is 0 Å². The Morgan fingerprint density at radius 1 is 1.25 bits per heavy atom. The van der Waals surface area contributed by atoms with Gasteiger partial charge in [-0.3, -0.25) is 0 Å². The Balaban J connectivity index is 1.75. The van der Waals surface area contributed by atoms with Crippen LogP contribution in [0.25, 0.3) is 0 Å². The first kappa shape index (κ1) is 14.6. The number of nitrogens with zero attached hydrogens (tertiary/aromatic N) is 4. The zero-order valence-corrected chi connectivity index (χ0v) is 12.2. The van der Waals surface area contributed by atoms with Crippen molar-refractivity contribution >= 4 is 5.95 Å². The Bertz CT molecular complexity index is 505. The second-order valence-electron chi connectivity index (χ2n) is 4.63. The fourth-order valence-corrected chi connectivity index (χ4v) is 2.06. The van der Waals surface area contributed by atoms with Crippen molar-refractivity contribution in [1.29, 1.82) is 0 Å². The summed E-state index contributed by atoms with van der Waals surface area (Å²) in [6.45, 7) is 5.33. The Hall–Kier alpha value is -1.82. The van der Waals surface area contributed by atoms with Crippen LogP contribution in [-0.2, 0) is 24.8 Å². The minimum Gasteiger partial charge on any atom is -0.382 e. The molecule has 0 aliphatic rings. The van der Waals surface area contributed by atoms with Crippen LogP contribution in [0, 0.1) is 0 Å². The molecular formula is C14H23N5O. The summed E-state index contributed by atoms with van der Waals surface area (Å²) < 4.78 is 9.51. The van der Waals surface area contributed by atoms with Crippen molar-refractivity contribution in [3.05, 3.63) is 30.6 Å². The van der Waals surface area contributed by atoms with Crippen LogP contribution in [0.15, 0.2) is 24.8 Å². The van der Waals surface area contributed by atoms with Crippen LogP contribution in [0.4, 0.5) is 5.95 Å². The van der Waals surface area contributed by atoms with Gasteiger partial charge in [0.05, 0.1) is 0 Å². The number of imidazole rings is 2. The van der Waals surface area contributed by atoms with E-state index in [0.29, 0.717) is 0 Å². The summed E-state index contributed by atoms with van der Waals surface area (Å²) in [6, 6.07) is 0. The van der Waals surface area contributed by atoms with Crippen LogP contribution >= 0.6 is 0 Å². The van der Waals surface area contributed by atoms with E-state index in [4.69, 9.17) is 4.74 Å². The van der Waals surface area contributed by atoms with Crippen molar-refractivity contribution in [2.24, 2.45) is 7.05 Å². The van der Waals surface area contributed by atoms with Gasteiger partial charge in [0, 0.05) is 64.6 Å². The van der Waals surface area contributed by atoms with Gasteiger partial charge in [-0.25, -0.2) is 9.97 Å². The van der Waals surface area contributed by atoms with Gasteiger partial charge in [-0.2, -0.15) is 0 Å². The van der Waals surface area contributed by atoms with Crippen molar-refractivity contribution in [3.8, 4) is 0 Å². The van der Waals surface area contributed by atoms with Crippen LogP contribution in [-0.4, -0.2) is 38.9 Å². The second kappa shape index (κ2) is 7.69. The number of hydrogen-bond donors (Lipinski definition) is 1. The highest BCUT2D eigenvalue weighted by Crippen LogP contribution is 2.06. The van der Waals surface area contributed by atoms with E-state index >= 15 is 0 Å². The monoisotopic (exact) mass is 277 g/mol. The van der Waals surface area contributed by atoms with Gasteiger partial charge in [0.25, 0.3) is 0 Å². The van der Waals surface area contributed by atoms with Gasteiger partial charge < -0.3 is 19.2 Å². The molecule has 6 heteroatoms. The lowest BCUT2D eigenvalue weighted by Crippen LogP contribution is -2.13. The SMILES string of the molecule is CCOCCCn1ccnc1NCCc1nccn1C. The molecule has 0 radical (unpaired) electrons. The Labute approximate surface area is 119 Å². The van der Waals surface area contributed by atoms with E-state index in [9.17, 15) is 0 Å². The topological polar surface area (TPSA) is 56.9 Å². The highest BCUT2D eigenvalue weighted by Gasteiger charge is 2.03. The first-order valence-corrected chi connectivity index (χ1v) is 7.10. The summed E-state index contributed by atoms with van der Waals surface area (Å²) >= 11 is 0. The van der Waals surface area contributed by atoms with Crippen LogP contribution < -0.4 is 5.32 Å². The molecule has 0 bridgehead atoms. The zero-order valence-electron chi connectivity index (χ0n) is 12.2. The largest absolute Gasteiger partial charge is 0.382 e. The summed E-state index contributed by atoms with van der Waals surface area (Å²) in [6.07, 6.45) is 9.49. The molecule has 6 nitrogen and oxygen atoms in total. The molecule has 0 saturated carbocycles. The number of anilines is 1. The molecule has 0 saturated heterocycles. The Kier molecular flexibility index (Phi) is 5.61. The lowest BCUT2D eigenvalue weighted by atomic mass is 10.4. The smallest absolute Gasteiger partial charge is 0.202 e. The van der Waals surface area contributed by atoms with Gasteiger partial charge in [0.15, 0.2) is 0 Å². The summed E-state index contributed by atoms with van der Waals surface area (Å²) in [4.78, 5) is 8.65. The number of rotatable bonds is 9. The van der Waals surface area contributed by atoms with Gasteiger partial charge in [-0.05, 0) is 13.3 Å². The molecule has 20 heavy (non-hydrogen) atoms. The molecule has 2 rings (SSSR count). The van der Waals surface area contributed by atoms with E-state index in [2.05, 4.69) is 19.9 Å². The first-order chi connectivity index (χ1) is 9.81. The number of hydrogen-bond acceptors (Lipinski definition) is 4. The van der Waals surface area contributed by atoms with Gasteiger partial charge in [0.1, 0.15) is 5.82 Å². The number of aryl methyl sites for hydroxylation is 2. The molecule has 0 amide bonds. The Morgan fingerprint density at radius 3 is 2.85 bits per heavy atom. The highest BCUT2D eigenvalue weighted by molar-refractivity contribution is 5.25. The highest BCUT2D eigenvalue weighted by atomic mass is 16.5. The summed E-state index contributed by atoms with van der Waals surface area (Å²) in [7, 11) is 2.01. The number of aromatic nitrogens is 4. The van der Waals surface area contributed by atoms with Crippen LogP contribution in [0.5, 0.6) is 0 Å². The van der Waals surface area contributed by atoms with Gasteiger partial charge in [0.2, 0.25) is 5.95 Å². The van der Waals surface area contributed by atoms with Crippen molar-refractivity contribution < 1.29 is 4.74 Å². The van der Waals surface area contributed by atoms with Crippen molar-refractivity contribution in [1.82, 2.24) is 19.1 Å². The fourth-order valence-electron chi connectivity index (χ4n) is 2.06. The molecular weight excluding hydrogens is 254 g/mol. The lowest BCUT2D eigenvalue weighted by Gasteiger charge is -2.09. The van der Waals surface area contributed by atoms with Crippen molar-refractivity contribution in [2.75, 3.05) is 25.1 Å². The van der Waals surface area contributed by atoms with Crippen molar-refractivity contribution in [2.45, 2.75) is 26.3 Å². The molecule has 0 unspecified atom stereocenters. The fraction of sp³-hybridized carbons (Fsp3) is 0.571.